The third-order valence-corrected chi connectivity index (χ3v) is 9.51. The molecule has 0 saturated heterocycles. The van der Waals surface area contributed by atoms with Crippen molar-refractivity contribution in [2.24, 2.45) is 0 Å². The minimum atomic E-state index is -4.65. The number of aliphatic hydroxyl groups is 3. The standard InChI is InChI=1S/C46H77O11P/c1-3-4-5-6-7-8-9-10-14-18-21-24-27-30-33-36-45(50)54-40-44(41-56-58(52,53)55-39-43(49)38-47)57-46(51)37-34-31-28-25-22-19-16-13-11-12-15-17-20-23-26-29-32-35-42(2)48/h10-11,13-15,17,19,22-23,26,28,31-32,35,42-44,47-49H,3-9,12,16,18,20-21,24-25,27,29-30,33-34,36-41H2,1-2H3,(H,52,53)/b13-11+,14-10-,17-15+,22-19+,26-23+,31-28+,35-32-. The molecule has 0 aliphatic rings. The van der Waals surface area contributed by atoms with Gasteiger partial charge in [0, 0.05) is 12.8 Å². The fraction of sp³-hybridized carbons (Fsp3) is 0.652. The molecule has 332 valence electrons. The van der Waals surface area contributed by atoms with Gasteiger partial charge in [-0.1, -0.05) is 143 Å². The Labute approximate surface area is 350 Å². The van der Waals surface area contributed by atoms with Crippen molar-refractivity contribution in [1.82, 2.24) is 0 Å². The Balaban J connectivity index is 4.46. The Kier molecular flexibility index (Phi) is 38.8. The van der Waals surface area contributed by atoms with Crippen molar-refractivity contribution >= 4 is 19.8 Å². The smallest absolute Gasteiger partial charge is 0.462 e. The zero-order valence-electron chi connectivity index (χ0n) is 35.6. The first-order chi connectivity index (χ1) is 28.1. The minimum absolute atomic E-state index is 0.0433. The lowest BCUT2D eigenvalue weighted by Gasteiger charge is -2.20. The molecule has 0 fully saturated rings. The quantitative estimate of drug-likeness (QED) is 0.0201. The minimum Gasteiger partial charge on any atom is -0.462 e. The summed E-state index contributed by atoms with van der Waals surface area (Å²) in [7, 11) is -4.65. The number of aliphatic hydroxyl groups excluding tert-OH is 3. The van der Waals surface area contributed by atoms with Gasteiger partial charge in [-0.15, -0.1) is 0 Å². The summed E-state index contributed by atoms with van der Waals surface area (Å²) in [4.78, 5) is 34.9. The molecule has 0 aromatic heterocycles. The van der Waals surface area contributed by atoms with Gasteiger partial charge in [-0.05, 0) is 77.6 Å². The number of allylic oxidation sites excluding steroid dienone is 13. The van der Waals surface area contributed by atoms with E-state index >= 15 is 0 Å². The molecule has 4 unspecified atom stereocenters. The Bertz CT molecular complexity index is 1250. The van der Waals surface area contributed by atoms with E-state index in [1.807, 2.05) is 24.3 Å². The van der Waals surface area contributed by atoms with Gasteiger partial charge in [0.15, 0.2) is 6.10 Å². The van der Waals surface area contributed by atoms with Gasteiger partial charge in [0.05, 0.1) is 25.9 Å². The highest BCUT2D eigenvalue weighted by Crippen LogP contribution is 2.43. The molecule has 0 aromatic rings. The van der Waals surface area contributed by atoms with Crippen LogP contribution in [0.3, 0.4) is 0 Å². The number of esters is 2. The third kappa shape index (κ3) is 41.3. The summed E-state index contributed by atoms with van der Waals surface area (Å²) < 4.78 is 32.6. The molecule has 0 aliphatic carbocycles. The van der Waals surface area contributed by atoms with E-state index in [1.54, 1.807) is 13.0 Å². The monoisotopic (exact) mass is 837 g/mol. The van der Waals surface area contributed by atoms with Crippen LogP contribution in [0.15, 0.2) is 85.1 Å². The highest BCUT2D eigenvalue weighted by molar-refractivity contribution is 7.47. The van der Waals surface area contributed by atoms with Gasteiger partial charge < -0.3 is 29.7 Å². The molecule has 0 aliphatic heterocycles. The molecule has 4 N–H and O–H groups in total. The molecular weight excluding hydrogens is 759 g/mol. The first-order valence-electron chi connectivity index (χ1n) is 21.6. The van der Waals surface area contributed by atoms with E-state index in [1.165, 1.54) is 38.5 Å². The van der Waals surface area contributed by atoms with Crippen molar-refractivity contribution < 1.29 is 52.9 Å². The maximum atomic E-state index is 12.6. The molecule has 0 heterocycles. The van der Waals surface area contributed by atoms with Crippen LogP contribution >= 0.6 is 7.82 Å². The molecule has 0 amide bonds. The van der Waals surface area contributed by atoms with Gasteiger partial charge in [0.25, 0.3) is 0 Å². The molecule has 4 atom stereocenters. The number of phosphoric acid groups is 1. The van der Waals surface area contributed by atoms with Crippen LogP contribution in [-0.2, 0) is 32.7 Å². The number of ether oxygens (including phenoxy) is 2. The Hall–Kier alpha value is -2.89. The summed E-state index contributed by atoms with van der Waals surface area (Å²) in [6.45, 7) is 1.72. The predicted octanol–water partition coefficient (Wildman–Crippen LogP) is 10.4. The summed E-state index contributed by atoms with van der Waals surface area (Å²) in [6, 6.07) is 0. The summed E-state index contributed by atoms with van der Waals surface area (Å²) in [5.41, 5.74) is 0. The number of phosphoric ester groups is 1. The number of unbranched alkanes of at least 4 members (excludes halogenated alkanes) is 11. The number of carbonyl (C=O) groups is 2. The number of rotatable bonds is 39. The first-order valence-corrected chi connectivity index (χ1v) is 23.1. The van der Waals surface area contributed by atoms with Crippen molar-refractivity contribution in [3.8, 4) is 0 Å². The highest BCUT2D eigenvalue weighted by Gasteiger charge is 2.27. The van der Waals surface area contributed by atoms with E-state index < -0.39 is 57.9 Å². The fourth-order valence-electron chi connectivity index (χ4n) is 5.26. The summed E-state index contributed by atoms with van der Waals surface area (Å²) in [6.07, 6.45) is 45.6. The summed E-state index contributed by atoms with van der Waals surface area (Å²) in [5.74, 6) is -1.05. The van der Waals surface area contributed by atoms with Gasteiger partial charge >= 0.3 is 19.8 Å². The van der Waals surface area contributed by atoms with Crippen LogP contribution in [0, 0.1) is 0 Å². The van der Waals surface area contributed by atoms with E-state index in [4.69, 9.17) is 19.1 Å². The van der Waals surface area contributed by atoms with Gasteiger partial charge in [0.2, 0.25) is 0 Å². The molecular formula is C46H77O11P. The normalized spacial score (nSPS) is 15.2. The molecule has 11 nitrogen and oxygen atoms in total. The summed E-state index contributed by atoms with van der Waals surface area (Å²) in [5, 5.41) is 27.5. The van der Waals surface area contributed by atoms with Gasteiger partial charge in [-0.2, -0.15) is 0 Å². The second-order valence-electron chi connectivity index (χ2n) is 14.3. The van der Waals surface area contributed by atoms with Crippen LogP contribution < -0.4 is 0 Å². The van der Waals surface area contributed by atoms with Crippen LogP contribution in [0.1, 0.15) is 149 Å². The second kappa shape index (κ2) is 40.9. The summed E-state index contributed by atoms with van der Waals surface area (Å²) >= 11 is 0. The fourth-order valence-corrected chi connectivity index (χ4v) is 6.05. The Morgan fingerprint density at radius 2 is 1.03 bits per heavy atom. The largest absolute Gasteiger partial charge is 0.472 e. The first kappa shape index (κ1) is 55.1. The van der Waals surface area contributed by atoms with E-state index in [9.17, 15) is 29.3 Å². The van der Waals surface area contributed by atoms with Crippen LogP contribution in [0.4, 0.5) is 0 Å². The Morgan fingerprint density at radius 3 is 1.57 bits per heavy atom. The number of carbonyl (C=O) groups excluding carboxylic acids is 2. The topological polar surface area (TPSA) is 169 Å². The van der Waals surface area contributed by atoms with E-state index in [2.05, 4.69) is 66.1 Å². The second-order valence-corrected chi connectivity index (χ2v) is 15.7. The van der Waals surface area contributed by atoms with Crippen LogP contribution in [0.25, 0.3) is 0 Å². The van der Waals surface area contributed by atoms with E-state index in [-0.39, 0.29) is 19.4 Å². The van der Waals surface area contributed by atoms with Crippen molar-refractivity contribution in [3.05, 3.63) is 85.1 Å². The van der Waals surface area contributed by atoms with Crippen molar-refractivity contribution in [2.75, 3.05) is 26.4 Å². The molecule has 0 saturated carbocycles. The average molecular weight is 837 g/mol. The molecule has 0 bridgehead atoms. The molecule has 12 heteroatoms. The van der Waals surface area contributed by atoms with Crippen molar-refractivity contribution in [1.29, 1.82) is 0 Å². The van der Waals surface area contributed by atoms with Crippen LogP contribution in [-0.4, -0.2) is 76.9 Å². The number of hydrogen-bond acceptors (Lipinski definition) is 10. The number of hydrogen-bond donors (Lipinski definition) is 4. The molecule has 0 spiro atoms. The van der Waals surface area contributed by atoms with Crippen LogP contribution in [0.5, 0.6) is 0 Å². The SMILES string of the molecule is CCCCCCCC/C=C\CCCCCCCC(=O)OCC(COP(=O)(O)OCC(O)CO)OC(=O)CC/C=C/C/C=C/C/C=C/C/C=C/C/C=C/C/C=C\C(C)O. The maximum absolute atomic E-state index is 12.6. The molecule has 0 aromatic carbocycles. The molecule has 0 radical (unpaired) electrons. The average Bonchev–Trinajstić information content (AvgIpc) is 3.20. The lowest BCUT2D eigenvalue weighted by Crippen LogP contribution is -2.29. The predicted molar refractivity (Wildman–Crippen MR) is 234 cm³/mol. The lowest BCUT2D eigenvalue weighted by molar-refractivity contribution is -0.161. The van der Waals surface area contributed by atoms with Crippen LogP contribution in [0.2, 0.25) is 0 Å². The van der Waals surface area contributed by atoms with Crippen molar-refractivity contribution in [3.63, 3.8) is 0 Å². The van der Waals surface area contributed by atoms with Crippen molar-refractivity contribution in [2.45, 2.75) is 167 Å². The molecule has 58 heavy (non-hydrogen) atoms. The lowest BCUT2D eigenvalue weighted by atomic mass is 10.1. The molecule has 0 rings (SSSR count). The third-order valence-electron chi connectivity index (χ3n) is 8.56. The van der Waals surface area contributed by atoms with Gasteiger partial charge in [-0.3, -0.25) is 18.6 Å². The zero-order chi connectivity index (χ0) is 42.8. The highest BCUT2D eigenvalue weighted by atomic mass is 31.2. The Morgan fingerprint density at radius 1 is 0.569 bits per heavy atom. The zero-order valence-corrected chi connectivity index (χ0v) is 36.5. The maximum Gasteiger partial charge on any atom is 0.472 e. The van der Waals surface area contributed by atoms with E-state index in [0.29, 0.717) is 19.3 Å². The van der Waals surface area contributed by atoms with Gasteiger partial charge in [0.1, 0.15) is 12.7 Å². The van der Waals surface area contributed by atoms with Gasteiger partial charge in [-0.25, -0.2) is 4.57 Å². The van der Waals surface area contributed by atoms with E-state index in [0.717, 1.165) is 64.2 Å².